The molecule has 142 valence electrons. The van der Waals surface area contributed by atoms with Crippen molar-refractivity contribution in [1.82, 2.24) is 14.8 Å². The second-order valence-electron chi connectivity index (χ2n) is 6.18. The number of nitrogens with one attached hydrogen (secondary N) is 1. The lowest BCUT2D eigenvalue weighted by Gasteiger charge is -2.09. The molecular weight excluding hydrogens is 400 g/mol. The number of amides is 1. The van der Waals surface area contributed by atoms with Gasteiger partial charge in [-0.3, -0.25) is 4.79 Å². The summed E-state index contributed by atoms with van der Waals surface area (Å²) >= 11 is 9.11. The van der Waals surface area contributed by atoms with E-state index in [2.05, 4.69) is 46.2 Å². The number of halogens is 1. The molecule has 0 saturated carbocycles. The van der Waals surface area contributed by atoms with E-state index in [0.29, 0.717) is 5.02 Å². The first-order chi connectivity index (χ1) is 12.9. The molecule has 1 amide bonds. The highest BCUT2D eigenvalue weighted by Gasteiger charge is 2.17. The minimum atomic E-state index is -0.0971. The topological polar surface area (TPSA) is 59.8 Å². The number of thiophene rings is 1. The second kappa shape index (κ2) is 8.46. The molecule has 3 rings (SSSR count). The summed E-state index contributed by atoms with van der Waals surface area (Å²) in [5.74, 6) is 1.01. The first kappa shape index (κ1) is 19.9. The first-order valence-corrected chi connectivity index (χ1v) is 10.8. The van der Waals surface area contributed by atoms with Crippen molar-refractivity contribution < 1.29 is 4.79 Å². The van der Waals surface area contributed by atoms with Crippen molar-refractivity contribution in [2.24, 2.45) is 0 Å². The highest BCUT2D eigenvalue weighted by atomic mass is 35.5. The van der Waals surface area contributed by atoms with Crippen LogP contribution in [0.5, 0.6) is 0 Å². The van der Waals surface area contributed by atoms with Crippen LogP contribution in [0.4, 0.5) is 5.69 Å². The zero-order chi connectivity index (χ0) is 19.6. The predicted molar refractivity (Wildman–Crippen MR) is 114 cm³/mol. The Labute approximate surface area is 172 Å². The molecule has 8 heteroatoms. The van der Waals surface area contributed by atoms with Crippen molar-refractivity contribution in [2.45, 2.75) is 39.4 Å². The maximum atomic E-state index is 12.4. The van der Waals surface area contributed by atoms with E-state index in [4.69, 9.17) is 11.6 Å². The van der Waals surface area contributed by atoms with Gasteiger partial charge in [0.1, 0.15) is 0 Å². The van der Waals surface area contributed by atoms with Gasteiger partial charge < -0.3 is 9.88 Å². The van der Waals surface area contributed by atoms with Crippen LogP contribution in [0.2, 0.25) is 5.02 Å². The molecule has 1 N–H and O–H groups in total. The lowest BCUT2D eigenvalue weighted by atomic mass is 10.1. The van der Waals surface area contributed by atoms with Crippen LogP contribution in [-0.2, 0) is 11.3 Å². The number of aromatic nitrogens is 3. The first-order valence-electron chi connectivity index (χ1n) is 8.57. The Kier molecular flexibility index (Phi) is 6.24. The zero-order valence-corrected chi connectivity index (χ0v) is 18.1. The lowest BCUT2D eigenvalue weighted by Crippen LogP contribution is -2.15. The molecule has 0 aliphatic rings. The van der Waals surface area contributed by atoms with Crippen molar-refractivity contribution >= 4 is 46.3 Å². The average Bonchev–Trinajstić information content (AvgIpc) is 3.19. The fourth-order valence-electron chi connectivity index (χ4n) is 2.66. The molecule has 0 aliphatic heterocycles. The number of carbonyl (C=O) groups excluding carboxylic acids is 1. The second-order valence-corrected chi connectivity index (χ2v) is 8.64. The van der Waals surface area contributed by atoms with Crippen LogP contribution in [0.3, 0.4) is 0 Å². The summed E-state index contributed by atoms with van der Waals surface area (Å²) in [6.45, 7) is 8.94. The molecule has 0 radical (unpaired) electrons. The Morgan fingerprint density at radius 1 is 1.30 bits per heavy atom. The van der Waals surface area contributed by atoms with Gasteiger partial charge in [-0.05, 0) is 51.0 Å². The van der Waals surface area contributed by atoms with E-state index in [1.54, 1.807) is 23.5 Å². The third-order valence-corrected chi connectivity index (χ3v) is 6.58. The van der Waals surface area contributed by atoms with Gasteiger partial charge in [0.05, 0.1) is 5.75 Å². The summed E-state index contributed by atoms with van der Waals surface area (Å²) in [4.78, 5) is 13.6. The zero-order valence-electron chi connectivity index (χ0n) is 15.7. The number of rotatable bonds is 6. The quantitative estimate of drug-likeness (QED) is 0.547. The Morgan fingerprint density at radius 2 is 2.07 bits per heavy atom. The molecule has 0 saturated heterocycles. The van der Waals surface area contributed by atoms with Gasteiger partial charge in [0.2, 0.25) is 5.91 Å². The minimum Gasteiger partial charge on any atom is -0.325 e. The molecule has 0 atom stereocenters. The van der Waals surface area contributed by atoms with Crippen molar-refractivity contribution in [3.63, 3.8) is 0 Å². The van der Waals surface area contributed by atoms with Crippen molar-refractivity contribution in [3.05, 3.63) is 44.6 Å². The molecule has 5 nitrogen and oxygen atoms in total. The number of aryl methyl sites for hydroxylation is 2. The summed E-state index contributed by atoms with van der Waals surface area (Å²) in [5, 5.41) is 15.0. The summed E-state index contributed by atoms with van der Waals surface area (Å²) in [5.41, 5.74) is 4.04. The smallest absolute Gasteiger partial charge is 0.234 e. The maximum Gasteiger partial charge on any atom is 0.234 e. The normalized spacial score (nSPS) is 11.0. The van der Waals surface area contributed by atoms with E-state index < -0.39 is 0 Å². The summed E-state index contributed by atoms with van der Waals surface area (Å²) < 4.78 is 2.05. The molecule has 1 aromatic carbocycles. The van der Waals surface area contributed by atoms with Gasteiger partial charge in [0.25, 0.3) is 0 Å². The van der Waals surface area contributed by atoms with Crippen molar-refractivity contribution in [1.29, 1.82) is 0 Å². The molecule has 0 spiro atoms. The fourth-order valence-corrected chi connectivity index (χ4v) is 4.50. The number of thioether (sulfide) groups is 1. The Balaban J connectivity index is 1.72. The van der Waals surface area contributed by atoms with E-state index in [-0.39, 0.29) is 11.7 Å². The maximum absolute atomic E-state index is 12.4. The van der Waals surface area contributed by atoms with Crippen LogP contribution in [0.1, 0.15) is 22.9 Å². The van der Waals surface area contributed by atoms with Crippen LogP contribution >= 0.6 is 34.7 Å². The van der Waals surface area contributed by atoms with E-state index in [1.807, 2.05) is 13.0 Å². The summed E-state index contributed by atoms with van der Waals surface area (Å²) in [6.07, 6.45) is 0. The number of anilines is 1. The van der Waals surface area contributed by atoms with Gasteiger partial charge in [-0.1, -0.05) is 29.4 Å². The predicted octanol–water partition coefficient (Wildman–Crippen LogP) is 5.34. The lowest BCUT2D eigenvalue weighted by molar-refractivity contribution is -0.113. The van der Waals surface area contributed by atoms with Gasteiger partial charge in [-0.25, -0.2) is 0 Å². The van der Waals surface area contributed by atoms with E-state index >= 15 is 0 Å². The molecule has 2 aromatic heterocycles. The summed E-state index contributed by atoms with van der Waals surface area (Å²) in [6, 6.07) is 5.45. The summed E-state index contributed by atoms with van der Waals surface area (Å²) in [7, 11) is 0. The van der Waals surface area contributed by atoms with Gasteiger partial charge in [0.15, 0.2) is 11.0 Å². The molecule has 0 fully saturated rings. The highest BCUT2D eigenvalue weighted by molar-refractivity contribution is 7.99. The Hall–Kier alpha value is -1.83. The molecule has 3 aromatic rings. The van der Waals surface area contributed by atoms with Crippen molar-refractivity contribution in [3.8, 4) is 11.4 Å². The standard InChI is InChI=1S/C19H21ClN4OS2/c1-5-24-18(15-9-26-13(4)12(15)3)22-23-19(24)27-10-17(25)21-16-8-14(20)7-6-11(16)2/h6-9H,5,10H2,1-4H3,(H,21,25). The van der Waals surface area contributed by atoms with Gasteiger partial charge in [-0.15, -0.1) is 21.5 Å². The number of nitrogens with zero attached hydrogens (tertiary/aromatic N) is 3. The third kappa shape index (κ3) is 4.36. The third-order valence-electron chi connectivity index (χ3n) is 4.37. The van der Waals surface area contributed by atoms with Crippen LogP contribution in [0, 0.1) is 20.8 Å². The Morgan fingerprint density at radius 3 is 2.74 bits per heavy atom. The van der Waals surface area contributed by atoms with Crippen LogP contribution in [-0.4, -0.2) is 26.4 Å². The molecule has 0 bridgehead atoms. The van der Waals surface area contributed by atoms with Crippen molar-refractivity contribution in [2.75, 3.05) is 11.1 Å². The van der Waals surface area contributed by atoms with E-state index in [9.17, 15) is 4.79 Å². The SMILES string of the molecule is CCn1c(SCC(=O)Nc2cc(Cl)ccc2C)nnc1-c1csc(C)c1C. The molecular formula is C19H21ClN4OS2. The van der Waals surface area contributed by atoms with Crippen LogP contribution in [0.15, 0.2) is 28.7 Å². The Bertz CT molecular complexity index is 980. The number of hydrogen-bond acceptors (Lipinski definition) is 5. The number of benzene rings is 1. The van der Waals surface area contributed by atoms with Gasteiger partial charge >= 0.3 is 0 Å². The van der Waals surface area contributed by atoms with E-state index in [0.717, 1.165) is 34.3 Å². The molecule has 0 aliphatic carbocycles. The molecule has 27 heavy (non-hydrogen) atoms. The molecule has 2 heterocycles. The number of carbonyl (C=O) groups is 1. The van der Waals surface area contributed by atoms with Gasteiger partial charge in [-0.2, -0.15) is 0 Å². The molecule has 0 unspecified atom stereocenters. The van der Waals surface area contributed by atoms with E-state index in [1.165, 1.54) is 22.2 Å². The monoisotopic (exact) mass is 420 g/mol. The van der Waals surface area contributed by atoms with Crippen LogP contribution < -0.4 is 5.32 Å². The minimum absolute atomic E-state index is 0.0971. The fraction of sp³-hybridized carbons (Fsp3) is 0.316. The van der Waals surface area contributed by atoms with Crippen LogP contribution in [0.25, 0.3) is 11.4 Å². The largest absolute Gasteiger partial charge is 0.325 e. The van der Waals surface area contributed by atoms with Gasteiger partial charge in [0, 0.05) is 33.1 Å². The highest BCUT2D eigenvalue weighted by Crippen LogP contribution is 2.31. The average molecular weight is 421 g/mol. The number of hydrogen-bond donors (Lipinski definition) is 1.